The topological polar surface area (TPSA) is 46.2 Å². The molecule has 56 valence electrons. The van der Waals surface area contributed by atoms with Crippen LogP contribution in [0.3, 0.4) is 0 Å². The second kappa shape index (κ2) is 2.27. The van der Waals surface area contributed by atoms with E-state index in [1.165, 1.54) is 6.26 Å². The Balaban J connectivity index is 4.56. The molecule has 0 radical (unpaired) electrons. The highest BCUT2D eigenvalue weighted by atomic mass is 32.2. The van der Waals surface area contributed by atoms with E-state index in [2.05, 4.69) is 5.32 Å². The summed E-state index contributed by atoms with van der Waals surface area (Å²) in [6.45, 7) is 3.25. The van der Waals surface area contributed by atoms with Crippen molar-refractivity contribution in [1.29, 1.82) is 0 Å². The van der Waals surface area contributed by atoms with Crippen molar-refractivity contribution in [2.24, 2.45) is 0 Å². The number of nitrogens with one attached hydrogen (secondary N) is 1. The fourth-order valence-corrected chi connectivity index (χ4v) is 0.556. The van der Waals surface area contributed by atoms with Gasteiger partial charge in [-0.25, -0.2) is 8.42 Å². The van der Waals surface area contributed by atoms with E-state index in [0.29, 0.717) is 0 Å². The average molecular weight is 151 g/mol. The zero-order valence-electron chi connectivity index (χ0n) is 6.22. The molecule has 0 amide bonds. The molecule has 1 N–H and O–H groups in total. The van der Waals surface area contributed by atoms with Crippen LogP contribution in [0.5, 0.6) is 0 Å². The molecule has 0 aliphatic heterocycles. The van der Waals surface area contributed by atoms with Gasteiger partial charge in [0.05, 0.1) is 0 Å². The van der Waals surface area contributed by atoms with Crippen LogP contribution in [-0.2, 0) is 9.84 Å². The van der Waals surface area contributed by atoms with Crippen molar-refractivity contribution < 1.29 is 8.42 Å². The van der Waals surface area contributed by atoms with E-state index in [9.17, 15) is 8.42 Å². The molecule has 0 atom stereocenters. The van der Waals surface area contributed by atoms with Crippen LogP contribution in [0.4, 0.5) is 0 Å². The molecule has 0 aromatic carbocycles. The quantitative estimate of drug-likeness (QED) is 0.603. The number of rotatable bonds is 2. The molecule has 0 saturated heterocycles. The van der Waals surface area contributed by atoms with Gasteiger partial charge in [-0.3, -0.25) is 0 Å². The minimum atomic E-state index is -2.96. The molecule has 0 spiro atoms. The molecular weight excluding hydrogens is 138 g/mol. The van der Waals surface area contributed by atoms with Crippen LogP contribution in [0, 0.1) is 0 Å². The smallest absolute Gasteiger partial charge is 0.165 e. The van der Waals surface area contributed by atoms with E-state index in [1.807, 2.05) is 0 Å². The second-order valence-electron chi connectivity index (χ2n) is 2.53. The predicted molar refractivity (Wildman–Crippen MR) is 38.0 cm³/mol. The number of hydrogen-bond donors (Lipinski definition) is 1. The van der Waals surface area contributed by atoms with Crippen molar-refractivity contribution in [3.05, 3.63) is 0 Å². The molecule has 0 aliphatic rings. The standard InChI is InChI=1S/C5H13NO2S/c1-5(2,6-3)9(4,7)8/h6H,1-4H3. The minimum Gasteiger partial charge on any atom is -0.302 e. The molecule has 0 rings (SSSR count). The fourth-order valence-electron chi connectivity index (χ4n) is 0.185. The highest BCUT2D eigenvalue weighted by molar-refractivity contribution is 7.92. The summed E-state index contributed by atoms with van der Waals surface area (Å²) in [4.78, 5) is -0.799. The molecule has 4 heteroatoms. The second-order valence-corrected chi connectivity index (χ2v) is 5.10. The fraction of sp³-hybridized carbons (Fsp3) is 1.00. The summed E-state index contributed by atoms with van der Waals surface area (Å²) >= 11 is 0. The highest BCUT2D eigenvalue weighted by Crippen LogP contribution is 2.08. The third-order valence-corrected chi connectivity index (χ3v) is 3.59. The van der Waals surface area contributed by atoms with Gasteiger partial charge < -0.3 is 5.32 Å². The van der Waals surface area contributed by atoms with Crippen LogP contribution >= 0.6 is 0 Å². The molecule has 0 aromatic heterocycles. The van der Waals surface area contributed by atoms with Gasteiger partial charge in [0.1, 0.15) is 4.87 Å². The highest BCUT2D eigenvalue weighted by Gasteiger charge is 2.26. The van der Waals surface area contributed by atoms with Crippen LogP contribution in [0.15, 0.2) is 0 Å². The predicted octanol–water partition coefficient (Wildman–Crippen LogP) is -0.0135. The van der Waals surface area contributed by atoms with Gasteiger partial charge in [-0.1, -0.05) is 0 Å². The zero-order valence-corrected chi connectivity index (χ0v) is 7.04. The Hall–Kier alpha value is -0.0900. The Labute approximate surface area is 56.4 Å². The summed E-state index contributed by atoms with van der Waals surface area (Å²) in [6, 6.07) is 0. The van der Waals surface area contributed by atoms with Gasteiger partial charge >= 0.3 is 0 Å². The molecule has 0 aromatic rings. The summed E-state index contributed by atoms with van der Waals surface area (Å²) in [5.41, 5.74) is 0. The van der Waals surface area contributed by atoms with E-state index >= 15 is 0 Å². The third-order valence-electron chi connectivity index (χ3n) is 1.53. The molecule has 0 heterocycles. The molecular formula is C5H13NO2S. The van der Waals surface area contributed by atoms with Gasteiger partial charge in [0, 0.05) is 6.26 Å². The van der Waals surface area contributed by atoms with Gasteiger partial charge in [0.25, 0.3) is 0 Å². The number of sulfone groups is 1. The summed E-state index contributed by atoms with van der Waals surface area (Å²) < 4.78 is 21.6. The van der Waals surface area contributed by atoms with Crippen LogP contribution in [-0.4, -0.2) is 26.6 Å². The third kappa shape index (κ3) is 1.95. The summed E-state index contributed by atoms with van der Waals surface area (Å²) in [5.74, 6) is 0. The Morgan fingerprint density at radius 1 is 1.33 bits per heavy atom. The van der Waals surface area contributed by atoms with E-state index in [1.54, 1.807) is 20.9 Å². The lowest BCUT2D eigenvalue weighted by Crippen LogP contribution is -2.43. The molecule has 0 saturated carbocycles. The maximum atomic E-state index is 10.8. The van der Waals surface area contributed by atoms with Gasteiger partial charge in [-0.2, -0.15) is 0 Å². The largest absolute Gasteiger partial charge is 0.302 e. The van der Waals surface area contributed by atoms with E-state index in [-0.39, 0.29) is 0 Å². The van der Waals surface area contributed by atoms with Crippen molar-refractivity contribution in [3.63, 3.8) is 0 Å². The monoisotopic (exact) mass is 151 g/mol. The molecule has 0 unspecified atom stereocenters. The average Bonchev–Trinajstić information content (AvgIpc) is 1.64. The maximum Gasteiger partial charge on any atom is 0.165 e. The Morgan fingerprint density at radius 3 is 1.67 bits per heavy atom. The SMILES string of the molecule is CNC(C)(C)S(C)(=O)=O. The summed E-state index contributed by atoms with van der Waals surface area (Å²) in [6.07, 6.45) is 1.21. The minimum absolute atomic E-state index is 0.799. The normalized spacial score (nSPS) is 13.8. The number of hydrogen-bond acceptors (Lipinski definition) is 3. The van der Waals surface area contributed by atoms with Gasteiger partial charge in [0.2, 0.25) is 0 Å². The van der Waals surface area contributed by atoms with E-state index < -0.39 is 14.7 Å². The molecule has 0 aliphatic carbocycles. The maximum absolute atomic E-state index is 10.8. The summed E-state index contributed by atoms with van der Waals surface area (Å²) in [5, 5.41) is 2.69. The van der Waals surface area contributed by atoms with Crippen molar-refractivity contribution in [2.45, 2.75) is 18.7 Å². The Kier molecular flexibility index (Phi) is 2.24. The van der Waals surface area contributed by atoms with Crippen molar-refractivity contribution >= 4 is 9.84 Å². The van der Waals surface area contributed by atoms with E-state index in [4.69, 9.17) is 0 Å². The first-order chi connectivity index (χ1) is 3.81. The van der Waals surface area contributed by atoms with Gasteiger partial charge in [-0.05, 0) is 20.9 Å². The lowest BCUT2D eigenvalue weighted by Gasteiger charge is -2.20. The first-order valence-corrected chi connectivity index (χ1v) is 4.59. The van der Waals surface area contributed by atoms with Gasteiger partial charge in [0.15, 0.2) is 9.84 Å². The Bertz CT molecular complexity index is 181. The molecule has 9 heavy (non-hydrogen) atoms. The lowest BCUT2D eigenvalue weighted by atomic mass is 10.4. The zero-order chi connectivity index (χ0) is 7.71. The van der Waals surface area contributed by atoms with Crippen molar-refractivity contribution in [2.75, 3.05) is 13.3 Å². The van der Waals surface area contributed by atoms with Crippen LogP contribution in [0.2, 0.25) is 0 Å². The van der Waals surface area contributed by atoms with Crippen molar-refractivity contribution in [3.8, 4) is 0 Å². The van der Waals surface area contributed by atoms with Crippen molar-refractivity contribution in [1.82, 2.24) is 5.32 Å². The molecule has 0 bridgehead atoms. The van der Waals surface area contributed by atoms with Gasteiger partial charge in [-0.15, -0.1) is 0 Å². The van der Waals surface area contributed by atoms with Crippen LogP contribution in [0.1, 0.15) is 13.8 Å². The van der Waals surface area contributed by atoms with Crippen LogP contribution in [0.25, 0.3) is 0 Å². The first-order valence-electron chi connectivity index (χ1n) is 2.70. The molecule has 0 fully saturated rings. The first kappa shape index (κ1) is 8.91. The molecule has 3 nitrogen and oxygen atoms in total. The lowest BCUT2D eigenvalue weighted by molar-refractivity contribution is 0.516. The van der Waals surface area contributed by atoms with Crippen LogP contribution < -0.4 is 5.32 Å². The van der Waals surface area contributed by atoms with E-state index in [0.717, 1.165) is 0 Å². The summed E-state index contributed by atoms with van der Waals surface area (Å²) in [7, 11) is -1.34. The Morgan fingerprint density at radius 2 is 1.67 bits per heavy atom.